The number of hydrazine groups is 1. The first-order valence-corrected chi connectivity index (χ1v) is 7.62. The van der Waals surface area contributed by atoms with Crippen LogP contribution in [0.4, 0.5) is 10.1 Å². The second-order valence-electron chi connectivity index (χ2n) is 5.39. The number of pyridine rings is 1. The van der Waals surface area contributed by atoms with Crippen molar-refractivity contribution in [2.45, 2.75) is 5.60 Å². The third-order valence-electron chi connectivity index (χ3n) is 3.76. The number of rotatable bonds is 5. The van der Waals surface area contributed by atoms with E-state index in [1.165, 1.54) is 12.3 Å². The van der Waals surface area contributed by atoms with Gasteiger partial charge in [-0.2, -0.15) is 4.39 Å². The molecule has 0 spiro atoms. The first kappa shape index (κ1) is 16.6. The van der Waals surface area contributed by atoms with E-state index in [0.29, 0.717) is 16.8 Å². The first-order valence-electron chi connectivity index (χ1n) is 7.62. The molecule has 3 rings (SSSR count). The Bertz CT molecular complexity index is 817. The molecule has 25 heavy (non-hydrogen) atoms. The van der Waals surface area contributed by atoms with E-state index in [9.17, 15) is 14.3 Å². The van der Waals surface area contributed by atoms with Crippen LogP contribution in [0.25, 0.3) is 0 Å². The van der Waals surface area contributed by atoms with E-state index in [1.54, 1.807) is 60.7 Å². The SMILES string of the molecule is O=C(NNc1ccnc(F)c1)C(O)(c1ccccc1)c1ccccc1. The largest absolute Gasteiger partial charge is 0.372 e. The summed E-state index contributed by atoms with van der Waals surface area (Å²) < 4.78 is 13.1. The van der Waals surface area contributed by atoms with E-state index in [4.69, 9.17) is 0 Å². The van der Waals surface area contributed by atoms with Crippen LogP contribution in [-0.4, -0.2) is 16.0 Å². The lowest BCUT2D eigenvalue weighted by Gasteiger charge is -2.28. The zero-order chi connectivity index (χ0) is 17.7. The number of aromatic nitrogens is 1. The maximum absolute atomic E-state index is 13.1. The average molecular weight is 337 g/mol. The minimum atomic E-state index is -1.90. The van der Waals surface area contributed by atoms with Gasteiger partial charge in [-0.3, -0.25) is 15.6 Å². The van der Waals surface area contributed by atoms with E-state index in [-0.39, 0.29) is 0 Å². The number of carbonyl (C=O) groups excluding carboxylic acids is 1. The van der Waals surface area contributed by atoms with Crippen LogP contribution >= 0.6 is 0 Å². The molecule has 0 radical (unpaired) electrons. The molecule has 1 amide bonds. The Labute approximate surface area is 144 Å². The van der Waals surface area contributed by atoms with Crippen molar-refractivity contribution < 1.29 is 14.3 Å². The molecular formula is C19H16FN3O2. The minimum absolute atomic E-state index is 0.310. The summed E-state index contributed by atoms with van der Waals surface area (Å²) in [5.74, 6) is -1.37. The predicted octanol–water partition coefficient (Wildman–Crippen LogP) is 2.60. The molecule has 0 bridgehead atoms. The fourth-order valence-electron chi connectivity index (χ4n) is 2.49. The highest BCUT2D eigenvalue weighted by Gasteiger charge is 2.39. The number of hydrogen-bond acceptors (Lipinski definition) is 4. The van der Waals surface area contributed by atoms with E-state index in [1.807, 2.05) is 0 Å². The van der Waals surface area contributed by atoms with E-state index in [0.717, 1.165) is 6.07 Å². The zero-order valence-corrected chi connectivity index (χ0v) is 13.2. The molecule has 6 heteroatoms. The van der Waals surface area contributed by atoms with Crippen molar-refractivity contribution in [1.82, 2.24) is 10.4 Å². The molecule has 3 aromatic rings. The maximum atomic E-state index is 13.1. The number of anilines is 1. The molecule has 126 valence electrons. The van der Waals surface area contributed by atoms with Crippen molar-refractivity contribution in [2.24, 2.45) is 0 Å². The highest BCUT2D eigenvalue weighted by Crippen LogP contribution is 2.29. The lowest BCUT2D eigenvalue weighted by atomic mass is 9.85. The standard InChI is InChI=1S/C19H16FN3O2/c20-17-13-16(11-12-21-17)22-23-18(24)19(25,14-7-3-1-4-8-14)15-9-5-2-6-10-15/h1-13,25H,(H,21,22)(H,23,24). The van der Waals surface area contributed by atoms with Crippen LogP contribution in [0.2, 0.25) is 0 Å². The molecule has 3 N–H and O–H groups in total. The smallest absolute Gasteiger partial charge is 0.279 e. The van der Waals surface area contributed by atoms with Crippen LogP contribution in [-0.2, 0) is 10.4 Å². The van der Waals surface area contributed by atoms with Crippen LogP contribution in [0, 0.1) is 5.95 Å². The van der Waals surface area contributed by atoms with Crippen molar-refractivity contribution in [3.8, 4) is 0 Å². The van der Waals surface area contributed by atoms with Crippen molar-refractivity contribution in [1.29, 1.82) is 0 Å². The summed E-state index contributed by atoms with van der Waals surface area (Å²) >= 11 is 0. The second kappa shape index (κ2) is 7.11. The van der Waals surface area contributed by atoms with Gasteiger partial charge in [-0.25, -0.2) is 4.98 Å². The van der Waals surface area contributed by atoms with Crippen LogP contribution in [0.3, 0.4) is 0 Å². The quantitative estimate of drug-likeness (QED) is 0.494. The molecule has 1 heterocycles. The van der Waals surface area contributed by atoms with Crippen LogP contribution in [0.1, 0.15) is 11.1 Å². The molecule has 0 saturated carbocycles. The van der Waals surface area contributed by atoms with Gasteiger partial charge < -0.3 is 5.11 Å². The Morgan fingerprint density at radius 2 is 1.52 bits per heavy atom. The third kappa shape index (κ3) is 3.49. The second-order valence-corrected chi connectivity index (χ2v) is 5.39. The Balaban J connectivity index is 1.91. The molecule has 0 saturated heterocycles. The van der Waals surface area contributed by atoms with Gasteiger partial charge in [0, 0.05) is 12.3 Å². The van der Waals surface area contributed by atoms with Crippen molar-refractivity contribution in [3.05, 3.63) is 96.1 Å². The number of benzene rings is 2. The molecule has 2 aromatic carbocycles. The van der Waals surface area contributed by atoms with E-state index in [2.05, 4.69) is 15.8 Å². The monoisotopic (exact) mass is 337 g/mol. The Kier molecular flexibility index (Phi) is 4.72. The molecule has 0 aliphatic carbocycles. The summed E-state index contributed by atoms with van der Waals surface area (Å²) in [7, 11) is 0. The normalized spacial score (nSPS) is 11.0. The number of halogens is 1. The Morgan fingerprint density at radius 1 is 0.960 bits per heavy atom. The summed E-state index contributed by atoms with van der Waals surface area (Å²) in [6, 6.07) is 19.8. The van der Waals surface area contributed by atoms with Crippen LogP contribution in [0.5, 0.6) is 0 Å². The highest BCUT2D eigenvalue weighted by atomic mass is 19.1. The summed E-state index contributed by atoms with van der Waals surface area (Å²) in [5.41, 5.74) is 4.27. The van der Waals surface area contributed by atoms with Gasteiger partial charge in [0.1, 0.15) is 0 Å². The number of amides is 1. The lowest BCUT2D eigenvalue weighted by Crippen LogP contribution is -2.47. The van der Waals surface area contributed by atoms with Gasteiger partial charge in [-0.15, -0.1) is 0 Å². The van der Waals surface area contributed by atoms with Crippen molar-refractivity contribution in [2.75, 3.05) is 5.43 Å². The topological polar surface area (TPSA) is 74.2 Å². The fourth-order valence-corrected chi connectivity index (χ4v) is 2.49. The number of aliphatic hydroxyl groups is 1. The summed E-state index contributed by atoms with van der Waals surface area (Å²) in [6.45, 7) is 0. The predicted molar refractivity (Wildman–Crippen MR) is 91.8 cm³/mol. The number of nitrogens with one attached hydrogen (secondary N) is 2. The Hall–Kier alpha value is -3.25. The minimum Gasteiger partial charge on any atom is -0.372 e. The average Bonchev–Trinajstić information content (AvgIpc) is 2.67. The summed E-state index contributed by atoms with van der Waals surface area (Å²) in [6.07, 6.45) is 1.27. The first-order chi connectivity index (χ1) is 12.1. The molecule has 0 aliphatic rings. The van der Waals surface area contributed by atoms with Gasteiger partial charge in [0.2, 0.25) is 5.95 Å². The van der Waals surface area contributed by atoms with Crippen LogP contribution in [0.15, 0.2) is 79.0 Å². The van der Waals surface area contributed by atoms with Gasteiger partial charge >= 0.3 is 0 Å². The van der Waals surface area contributed by atoms with Crippen LogP contribution < -0.4 is 10.9 Å². The van der Waals surface area contributed by atoms with Gasteiger partial charge in [-0.1, -0.05) is 60.7 Å². The number of nitrogens with zero attached hydrogens (tertiary/aromatic N) is 1. The van der Waals surface area contributed by atoms with Crippen molar-refractivity contribution in [3.63, 3.8) is 0 Å². The summed E-state index contributed by atoms with van der Waals surface area (Å²) in [5, 5.41) is 11.2. The van der Waals surface area contributed by atoms with E-state index >= 15 is 0 Å². The lowest BCUT2D eigenvalue weighted by molar-refractivity contribution is -0.136. The third-order valence-corrected chi connectivity index (χ3v) is 3.76. The number of hydrogen-bond donors (Lipinski definition) is 3. The van der Waals surface area contributed by atoms with Crippen molar-refractivity contribution >= 4 is 11.6 Å². The van der Waals surface area contributed by atoms with Gasteiger partial charge in [0.15, 0.2) is 5.60 Å². The molecule has 0 unspecified atom stereocenters. The number of carbonyl (C=O) groups is 1. The molecule has 0 fully saturated rings. The Morgan fingerprint density at radius 3 is 2.04 bits per heavy atom. The van der Waals surface area contributed by atoms with Gasteiger partial charge in [0.05, 0.1) is 5.69 Å². The molecular weight excluding hydrogens is 321 g/mol. The van der Waals surface area contributed by atoms with Gasteiger partial charge in [0.25, 0.3) is 5.91 Å². The molecule has 0 aliphatic heterocycles. The summed E-state index contributed by atoms with van der Waals surface area (Å²) in [4.78, 5) is 16.2. The molecule has 1 aromatic heterocycles. The van der Waals surface area contributed by atoms with E-state index < -0.39 is 17.5 Å². The maximum Gasteiger partial charge on any atom is 0.279 e. The molecule has 5 nitrogen and oxygen atoms in total. The fraction of sp³-hybridized carbons (Fsp3) is 0.0526. The van der Waals surface area contributed by atoms with Gasteiger partial charge in [-0.05, 0) is 17.2 Å². The highest BCUT2D eigenvalue weighted by molar-refractivity contribution is 5.90. The molecule has 0 atom stereocenters. The zero-order valence-electron chi connectivity index (χ0n) is 13.2.